The van der Waals surface area contributed by atoms with E-state index in [0.29, 0.717) is 18.8 Å². The molecule has 134 valence electrons. The molecule has 1 aromatic carbocycles. The minimum absolute atomic E-state index is 0.0942. The number of amides is 1. The Morgan fingerprint density at radius 2 is 2.12 bits per heavy atom. The maximum absolute atomic E-state index is 13.0. The molecule has 7 nitrogen and oxygen atoms in total. The standard InChI is InChI=1S/C19H21N5O2/c1-2-11-24-17(25)10-9-15(22-24)19(26)23-12-5-8-16(23)18-20-13-6-3-4-7-14(13)21-18/h3-4,6-7,9-10,16H,2,5,8,11-12H2,1H3,(H,20,21)/t16-/m1/s1. The fraction of sp³-hybridized carbons (Fsp3) is 0.368. The minimum atomic E-state index is -0.182. The van der Waals surface area contributed by atoms with Gasteiger partial charge >= 0.3 is 0 Å². The molecular formula is C19H21N5O2. The second-order valence-corrected chi connectivity index (χ2v) is 6.58. The van der Waals surface area contributed by atoms with Gasteiger partial charge in [-0.15, -0.1) is 0 Å². The Labute approximate surface area is 150 Å². The topological polar surface area (TPSA) is 83.9 Å². The number of nitrogens with one attached hydrogen (secondary N) is 1. The molecule has 1 atom stereocenters. The molecule has 4 rings (SSSR count). The normalized spacial score (nSPS) is 17.1. The molecule has 1 aliphatic heterocycles. The van der Waals surface area contributed by atoms with Crippen LogP contribution < -0.4 is 5.56 Å². The molecule has 2 aromatic heterocycles. The maximum Gasteiger partial charge on any atom is 0.274 e. The van der Waals surface area contributed by atoms with Crippen LogP contribution in [0.4, 0.5) is 0 Å². The molecule has 1 saturated heterocycles. The number of benzene rings is 1. The lowest BCUT2D eigenvalue weighted by Gasteiger charge is -2.23. The molecule has 1 aliphatic rings. The number of para-hydroxylation sites is 2. The Bertz CT molecular complexity index is 973. The predicted molar refractivity (Wildman–Crippen MR) is 97.9 cm³/mol. The smallest absolute Gasteiger partial charge is 0.274 e. The van der Waals surface area contributed by atoms with Crippen LogP contribution in [0.15, 0.2) is 41.2 Å². The molecule has 1 fully saturated rings. The molecule has 0 saturated carbocycles. The van der Waals surface area contributed by atoms with Crippen molar-refractivity contribution >= 4 is 16.9 Å². The number of hydrogen-bond acceptors (Lipinski definition) is 4. The number of likely N-dealkylation sites (tertiary alicyclic amines) is 1. The SMILES string of the molecule is CCCn1nc(C(=O)N2CCC[C@@H]2c2nc3ccccc3[nH]2)ccc1=O. The number of H-pyrrole nitrogens is 1. The van der Waals surface area contributed by atoms with E-state index in [1.54, 1.807) is 4.90 Å². The number of imidazole rings is 1. The third-order valence-electron chi connectivity index (χ3n) is 4.76. The number of aryl methyl sites for hydroxylation is 1. The van der Waals surface area contributed by atoms with Gasteiger partial charge in [0.05, 0.1) is 17.1 Å². The molecule has 0 unspecified atom stereocenters. The molecule has 26 heavy (non-hydrogen) atoms. The third kappa shape index (κ3) is 2.89. The highest BCUT2D eigenvalue weighted by Gasteiger charge is 2.33. The summed E-state index contributed by atoms with van der Waals surface area (Å²) in [4.78, 5) is 34.7. The fourth-order valence-electron chi connectivity index (χ4n) is 3.51. The first-order valence-electron chi connectivity index (χ1n) is 9.01. The van der Waals surface area contributed by atoms with Crippen LogP contribution in [0.5, 0.6) is 0 Å². The first-order chi connectivity index (χ1) is 12.7. The van der Waals surface area contributed by atoms with Crippen LogP contribution in [-0.2, 0) is 6.54 Å². The third-order valence-corrected chi connectivity index (χ3v) is 4.76. The average Bonchev–Trinajstić information content (AvgIpc) is 3.29. The van der Waals surface area contributed by atoms with Crippen molar-refractivity contribution < 1.29 is 4.79 Å². The second-order valence-electron chi connectivity index (χ2n) is 6.58. The lowest BCUT2D eigenvalue weighted by atomic mass is 10.2. The molecule has 1 N–H and O–H groups in total. The first kappa shape index (κ1) is 16.5. The molecule has 3 aromatic rings. The summed E-state index contributed by atoms with van der Waals surface area (Å²) in [7, 11) is 0. The van der Waals surface area contributed by atoms with E-state index in [2.05, 4.69) is 15.1 Å². The number of rotatable bonds is 4. The lowest BCUT2D eigenvalue weighted by Crippen LogP contribution is -2.34. The van der Waals surface area contributed by atoms with Crippen molar-refractivity contribution in [2.75, 3.05) is 6.54 Å². The molecule has 0 bridgehead atoms. The van der Waals surface area contributed by atoms with Crippen molar-refractivity contribution in [2.45, 2.75) is 38.8 Å². The summed E-state index contributed by atoms with van der Waals surface area (Å²) in [5.41, 5.74) is 1.99. The molecule has 0 aliphatic carbocycles. The van der Waals surface area contributed by atoms with Crippen molar-refractivity contribution in [3.05, 3.63) is 58.3 Å². The van der Waals surface area contributed by atoms with Gasteiger partial charge in [0, 0.05) is 19.2 Å². The number of fused-ring (bicyclic) bond motifs is 1. The summed E-state index contributed by atoms with van der Waals surface area (Å²) in [5, 5.41) is 4.26. The van der Waals surface area contributed by atoms with Crippen LogP contribution in [0.3, 0.4) is 0 Å². The van der Waals surface area contributed by atoms with E-state index in [9.17, 15) is 9.59 Å². The Kier molecular flexibility index (Phi) is 4.28. The van der Waals surface area contributed by atoms with Gasteiger partial charge in [0.15, 0.2) is 0 Å². The summed E-state index contributed by atoms with van der Waals surface area (Å²) in [6, 6.07) is 10.7. The minimum Gasteiger partial charge on any atom is -0.340 e. The van der Waals surface area contributed by atoms with Crippen LogP contribution in [0.1, 0.15) is 48.5 Å². The van der Waals surface area contributed by atoms with E-state index < -0.39 is 0 Å². The Morgan fingerprint density at radius 3 is 2.92 bits per heavy atom. The highest BCUT2D eigenvalue weighted by atomic mass is 16.2. The quantitative estimate of drug-likeness (QED) is 0.783. The predicted octanol–water partition coefficient (Wildman–Crippen LogP) is 2.51. The van der Waals surface area contributed by atoms with Gasteiger partial charge in [0.2, 0.25) is 0 Å². The van der Waals surface area contributed by atoms with Gasteiger partial charge < -0.3 is 9.88 Å². The molecule has 0 spiro atoms. The highest BCUT2D eigenvalue weighted by molar-refractivity contribution is 5.92. The summed E-state index contributed by atoms with van der Waals surface area (Å²) in [6.45, 7) is 3.14. The van der Waals surface area contributed by atoms with Crippen LogP contribution in [0, 0.1) is 0 Å². The molecule has 3 heterocycles. The van der Waals surface area contributed by atoms with Crippen LogP contribution in [-0.4, -0.2) is 37.1 Å². The fourth-order valence-corrected chi connectivity index (χ4v) is 3.51. The van der Waals surface area contributed by atoms with Crippen molar-refractivity contribution in [1.29, 1.82) is 0 Å². The zero-order chi connectivity index (χ0) is 18.1. The van der Waals surface area contributed by atoms with Gasteiger partial charge in [-0.05, 0) is 37.5 Å². The highest BCUT2D eigenvalue weighted by Crippen LogP contribution is 2.32. The van der Waals surface area contributed by atoms with Crippen molar-refractivity contribution in [3.63, 3.8) is 0 Å². The van der Waals surface area contributed by atoms with E-state index >= 15 is 0 Å². The van der Waals surface area contributed by atoms with Gasteiger partial charge in [-0.3, -0.25) is 9.59 Å². The van der Waals surface area contributed by atoms with E-state index in [1.807, 2.05) is 31.2 Å². The summed E-state index contributed by atoms with van der Waals surface area (Å²) in [6.07, 6.45) is 2.57. The monoisotopic (exact) mass is 351 g/mol. The molecule has 1 amide bonds. The van der Waals surface area contributed by atoms with Gasteiger partial charge in [-0.1, -0.05) is 19.1 Å². The van der Waals surface area contributed by atoms with Gasteiger partial charge in [-0.25, -0.2) is 9.67 Å². The van der Waals surface area contributed by atoms with E-state index in [0.717, 1.165) is 36.1 Å². The zero-order valence-corrected chi connectivity index (χ0v) is 14.7. The van der Waals surface area contributed by atoms with Gasteiger partial charge in [0.25, 0.3) is 11.5 Å². The van der Waals surface area contributed by atoms with Crippen molar-refractivity contribution in [1.82, 2.24) is 24.6 Å². The van der Waals surface area contributed by atoms with Crippen LogP contribution in [0.2, 0.25) is 0 Å². The first-order valence-corrected chi connectivity index (χ1v) is 9.01. The number of carbonyl (C=O) groups excluding carboxylic acids is 1. The van der Waals surface area contributed by atoms with Gasteiger partial charge in [-0.2, -0.15) is 5.10 Å². The number of nitrogens with zero attached hydrogens (tertiary/aromatic N) is 4. The van der Waals surface area contributed by atoms with E-state index in [4.69, 9.17) is 0 Å². The Hall–Kier alpha value is -2.96. The Balaban J connectivity index is 1.64. The van der Waals surface area contributed by atoms with Crippen molar-refractivity contribution in [3.8, 4) is 0 Å². The number of aromatic nitrogens is 4. The number of aromatic amines is 1. The largest absolute Gasteiger partial charge is 0.340 e. The summed E-state index contributed by atoms with van der Waals surface area (Å²) < 4.78 is 1.36. The van der Waals surface area contributed by atoms with Crippen LogP contribution >= 0.6 is 0 Å². The second kappa shape index (κ2) is 6.74. The number of hydrogen-bond donors (Lipinski definition) is 1. The Morgan fingerprint density at radius 1 is 1.27 bits per heavy atom. The van der Waals surface area contributed by atoms with Crippen LogP contribution in [0.25, 0.3) is 11.0 Å². The lowest BCUT2D eigenvalue weighted by molar-refractivity contribution is 0.0721. The van der Waals surface area contributed by atoms with Gasteiger partial charge in [0.1, 0.15) is 11.5 Å². The number of carbonyl (C=O) groups is 1. The summed E-state index contributed by atoms with van der Waals surface area (Å²) >= 11 is 0. The van der Waals surface area contributed by atoms with E-state index in [-0.39, 0.29) is 17.5 Å². The average molecular weight is 351 g/mol. The summed E-state index contributed by atoms with van der Waals surface area (Å²) in [5.74, 6) is 0.650. The van der Waals surface area contributed by atoms with Crippen molar-refractivity contribution in [2.24, 2.45) is 0 Å². The van der Waals surface area contributed by atoms with E-state index in [1.165, 1.54) is 16.8 Å². The zero-order valence-electron chi connectivity index (χ0n) is 14.7. The molecule has 0 radical (unpaired) electrons. The maximum atomic E-state index is 13.0. The molecular weight excluding hydrogens is 330 g/mol. The molecule has 7 heteroatoms.